The van der Waals surface area contributed by atoms with Crippen LogP contribution in [0.25, 0.3) is 0 Å². The standard InChI is InChI=1S/C10H12Cl2N2O3S/c1-18(17)4-2-3-13-10-8(11)5-7(14(15)16)6-9(10)12/h5-6,13H,2-4H2,1H3/t18-/m0/s1. The average Bonchev–Trinajstić information content (AvgIpc) is 2.26. The van der Waals surface area contributed by atoms with Gasteiger partial charge < -0.3 is 5.32 Å². The number of anilines is 1. The normalized spacial score (nSPS) is 12.2. The first-order valence-electron chi connectivity index (χ1n) is 5.09. The number of nitrogens with zero attached hydrogens (tertiary/aromatic N) is 1. The van der Waals surface area contributed by atoms with Crippen LogP contribution in [0.15, 0.2) is 12.1 Å². The van der Waals surface area contributed by atoms with Gasteiger partial charge in [0.15, 0.2) is 0 Å². The average molecular weight is 311 g/mol. The maximum Gasteiger partial charge on any atom is 0.272 e. The molecular weight excluding hydrogens is 299 g/mol. The monoisotopic (exact) mass is 310 g/mol. The quantitative estimate of drug-likeness (QED) is 0.498. The lowest BCUT2D eigenvalue weighted by Crippen LogP contribution is -2.07. The molecule has 1 atom stereocenters. The van der Waals surface area contributed by atoms with Crippen LogP contribution in [0, 0.1) is 10.1 Å². The largest absolute Gasteiger partial charge is 0.383 e. The molecule has 0 spiro atoms. The van der Waals surface area contributed by atoms with Crippen molar-refractivity contribution in [2.24, 2.45) is 0 Å². The van der Waals surface area contributed by atoms with Crippen LogP contribution in [-0.4, -0.2) is 27.7 Å². The summed E-state index contributed by atoms with van der Waals surface area (Å²) < 4.78 is 10.9. The van der Waals surface area contributed by atoms with Gasteiger partial charge in [-0.05, 0) is 6.42 Å². The van der Waals surface area contributed by atoms with Gasteiger partial charge in [-0.3, -0.25) is 14.3 Å². The van der Waals surface area contributed by atoms with Gasteiger partial charge in [-0.25, -0.2) is 0 Å². The van der Waals surface area contributed by atoms with Crippen molar-refractivity contribution in [2.75, 3.05) is 23.9 Å². The SMILES string of the molecule is C[S@](=O)CCCNc1c(Cl)cc([N+](=O)[O-])cc1Cl. The summed E-state index contributed by atoms with van der Waals surface area (Å²) >= 11 is 11.8. The number of nitrogens with one attached hydrogen (secondary N) is 1. The Kier molecular flexibility index (Phi) is 5.84. The predicted octanol–water partition coefficient (Wildman–Crippen LogP) is 3.08. The second kappa shape index (κ2) is 6.92. The van der Waals surface area contributed by atoms with Gasteiger partial charge in [-0.2, -0.15) is 0 Å². The van der Waals surface area contributed by atoms with E-state index in [1.165, 1.54) is 12.1 Å². The number of benzene rings is 1. The second-order valence-corrected chi connectivity index (χ2v) is 5.97. The van der Waals surface area contributed by atoms with Crippen LogP contribution in [-0.2, 0) is 10.8 Å². The predicted molar refractivity (Wildman–Crippen MR) is 75.2 cm³/mol. The van der Waals surface area contributed by atoms with E-state index in [9.17, 15) is 14.3 Å². The summed E-state index contributed by atoms with van der Waals surface area (Å²) in [4.78, 5) is 10.0. The molecule has 1 rings (SSSR count). The van der Waals surface area contributed by atoms with E-state index in [-0.39, 0.29) is 15.7 Å². The lowest BCUT2D eigenvalue weighted by atomic mass is 10.2. The minimum Gasteiger partial charge on any atom is -0.383 e. The molecule has 5 nitrogen and oxygen atoms in total. The highest BCUT2D eigenvalue weighted by atomic mass is 35.5. The van der Waals surface area contributed by atoms with Crippen molar-refractivity contribution < 1.29 is 9.13 Å². The number of halogens is 2. The summed E-state index contributed by atoms with van der Waals surface area (Å²) in [5.74, 6) is 0.579. The zero-order valence-electron chi connectivity index (χ0n) is 9.61. The molecule has 1 aromatic carbocycles. The molecule has 0 heterocycles. The third-order valence-corrected chi connectivity index (χ3v) is 3.61. The fourth-order valence-corrected chi connectivity index (χ4v) is 2.48. The summed E-state index contributed by atoms with van der Waals surface area (Å²) in [5.41, 5.74) is 0.316. The molecule has 0 fully saturated rings. The minimum atomic E-state index is -0.839. The molecule has 0 aromatic heterocycles. The van der Waals surface area contributed by atoms with Crippen LogP contribution < -0.4 is 5.32 Å². The first-order chi connectivity index (χ1) is 8.41. The molecule has 0 aliphatic heterocycles. The summed E-state index contributed by atoms with van der Waals surface area (Å²) in [6.45, 7) is 0.552. The van der Waals surface area contributed by atoms with Crippen molar-refractivity contribution in [1.29, 1.82) is 0 Å². The van der Waals surface area contributed by atoms with E-state index in [1.54, 1.807) is 6.26 Å². The highest BCUT2D eigenvalue weighted by Gasteiger charge is 2.14. The Morgan fingerprint density at radius 1 is 1.39 bits per heavy atom. The molecule has 8 heteroatoms. The molecule has 0 radical (unpaired) electrons. The lowest BCUT2D eigenvalue weighted by Gasteiger charge is -2.09. The van der Waals surface area contributed by atoms with E-state index in [1.807, 2.05) is 0 Å². The van der Waals surface area contributed by atoms with E-state index in [0.717, 1.165) is 0 Å². The van der Waals surface area contributed by atoms with E-state index in [0.29, 0.717) is 24.4 Å². The van der Waals surface area contributed by atoms with Crippen molar-refractivity contribution in [3.05, 3.63) is 32.3 Å². The number of nitro groups is 1. The Morgan fingerprint density at radius 2 is 1.94 bits per heavy atom. The van der Waals surface area contributed by atoms with Gasteiger partial charge in [0.05, 0.1) is 20.7 Å². The van der Waals surface area contributed by atoms with Gasteiger partial charge >= 0.3 is 0 Å². The Balaban J connectivity index is 2.72. The molecule has 100 valence electrons. The number of nitro benzene ring substituents is 1. The Bertz CT molecular complexity index is 459. The molecule has 1 aromatic rings. The fourth-order valence-electron chi connectivity index (χ4n) is 1.32. The van der Waals surface area contributed by atoms with E-state index < -0.39 is 15.7 Å². The molecule has 1 N–H and O–H groups in total. The van der Waals surface area contributed by atoms with Crippen LogP contribution in [0.3, 0.4) is 0 Å². The van der Waals surface area contributed by atoms with Crippen LogP contribution in [0.4, 0.5) is 11.4 Å². The van der Waals surface area contributed by atoms with E-state index in [2.05, 4.69) is 5.32 Å². The maximum absolute atomic E-state index is 10.9. The van der Waals surface area contributed by atoms with Crippen LogP contribution in [0.5, 0.6) is 0 Å². The molecule has 0 bridgehead atoms. The molecular formula is C10H12Cl2N2O3S. The van der Waals surface area contributed by atoms with Gasteiger partial charge in [0.1, 0.15) is 0 Å². The zero-order chi connectivity index (χ0) is 13.7. The van der Waals surface area contributed by atoms with E-state index in [4.69, 9.17) is 23.2 Å². The summed E-state index contributed by atoms with van der Waals surface area (Å²) in [7, 11) is -0.839. The number of non-ortho nitro benzene ring substituents is 1. The maximum atomic E-state index is 10.9. The number of rotatable bonds is 6. The van der Waals surface area contributed by atoms with Crippen molar-refractivity contribution in [3.63, 3.8) is 0 Å². The minimum absolute atomic E-state index is 0.148. The van der Waals surface area contributed by atoms with Crippen molar-refractivity contribution in [1.82, 2.24) is 0 Å². The van der Waals surface area contributed by atoms with Crippen molar-refractivity contribution in [2.45, 2.75) is 6.42 Å². The van der Waals surface area contributed by atoms with Crippen LogP contribution in [0.2, 0.25) is 10.0 Å². The Hall–Kier alpha value is -0.850. The number of hydrogen-bond donors (Lipinski definition) is 1. The van der Waals surface area contributed by atoms with Crippen molar-refractivity contribution in [3.8, 4) is 0 Å². The smallest absolute Gasteiger partial charge is 0.272 e. The van der Waals surface area contributed by atoms with Gasteiger partial charge in [0.25, 0.3) is 5.69 Å². The summed E-state index contributed by atoms with van der Waals surface area (Å²) in [6, 6.07) is 2.49. The molecule has 0 saturated heterocycles. The van der Waals surface area contributed by atoms with Crippen LogP contribution in [0.1, 0.15) is 6.42 Å². The first-order valence-corrected chi connectivity index (χ1v) is 7.57. The topological polar surface area (TPSA) is 72.2 Å². The van der Waals surface area contributed by atoms with Gasteiger partial charge in [0.2, 0.25) is 0 Å². The second-order valence-electron chi connectivity index (χ2n) is 3.60. The van der Waals surface area contributed by atoms with Crippen LogP contribution >= 0.6 is 23.2 Å². The molecule has 0 saturated carbocycles. The third-order valence-electron chi connectivity index (χ3n) is 2.15. The molecule has 0 aliphatic rings. The highest BCUT2D eigenvalue weighted by molar-refractivity contribution is 7.84. The van der Waals surface area contributed by atoms with Gasteiger partial charge in [-0.15, -0.1) is 0 Å². The molecule has 0 amide bonds. The molecule has 18 heavy (non-hydrogen) atoms. The molecule has 0 unspecified atom stereocenters. The Morgan fingerprint density at radius 3 is 2.39 bits per heavy atom. The zero-order valence-corrected chi connectivity index (χ0v) is 11.9. The lowest BCUT2D eigenvalue weighted by molar-refractivity contribution is -0.384. The highest BCUT2D eigenvalue weighted by Crippen LogP contribution is 2.34. The fraction of sp³-hybridized carbons (Fsp3) is 0.400. The van der Waals surface area contributed by atoms with Gasteiger partial charge in [0, 0.05) is 41.5 Å². The van der Waals surface area contributed by atoms with Crippen molar-refractivity contribution >= 4 is 45.4 Å². The third kappa shape index (κ3) is 4.44. The Labute approximate surface area is 117 Å². The molecule has 0 aliphatic carbocycles. The number of hydrogen-bond acceptors (Lipinski definition) is 4. The summed E-state index contributed by atoms with van der Waals surface area (Å²) in [5, 5.41) is 14.0. The first kappa shape index (κ1) is 15.2. The summed E-state index contributed by atoms with van der Waals surface area (Å²) in [6.07, 6.45) is 2.33. The van der Waals surface area contributed by atoms with Gasteiger partial charge in [-0.1, -0.05) is 23.2 Å². The van der Waals surface area contributed by atoms with E-state index >= 15 is 0 Å².